The van der Waals surface area contributed by atoms with Crippen LogP contribution in [0.5, 0.6) is 0 Å². The van der Waals surface area contributed by atoms with Crippen LogP contribution in [0.3, 0.4) is 0 Å². The first kappa shape index (κ1) is 12.0. The Kier molecular flexibility index (Phi) is 4.44. The van der Waals surface area contributed by atoms with Gasteiger partial charge in [-0.25, -0.2) is 4.79 Å². The van der Waals surface area contributed by atoms with Crippen LogP contribution in [0.1, 0.15) is 19.3 Å². The van der Waals surface area contributed by atoms with E-state index in [-0.39, 0.29) is 10.3 Å². The van der Waals surface area contributed by atoms with E-state index < -0.39 is 5.97 Å². The van der Waals surface area contributed by atoms with Crippen molar-refractivity contribution in [2.45, 2.75) is 24.5 Å². The van der Waals surface area contributed by atoms with Crippen molar-refractivity contribution in [1.29, 1.82) is 0 Å². The highest BCUT2D eigenvalue weighted by Crippen LogP contribution is 2.25. The molecule has 1 heterocycles. The summed E-state index contributed by atoms with van der Waals surface area (Å²) in [4.78, 5) is 10.9. The molecular weight excluding hydrogens is 243 g/mol. The lowest BCUT2D eigenvalue weighted by Crippen LogP contribution is -2.35. The molecule has 0 aromatic rings. The van der Waals surface area contributed by atoms with Crippen molar-refractivity contribution in [2.24, 2.45) is 0 Å². The van der Waals surface area contributed by atoms with Gasteiger partial charge in [0.25, 0.3) is 0 Å². The molecule has 0 aromatic carbocycles. The van der Waals surface area contributed by atoms with Gasteiger partial charge in [0.1, 0.15) is 16.9 Å². The molecule has 0 N–H and O–H groups in total. The molecule has 1 aliphatic heterocycles. The standard InChI is InChI=1S/C8H12Cl2O3Si/c9-6(7(11)13-10)5-8(14)3-1-2-4-12-8/h5H,1-4H2,14H3. The molecule has 0 radical (unpaired) electrons. The fraction of sp³-hybridized carbons (Fsp3) is 0.625. The van der Waals surface area contributed by atoms with E-state index in [0.29, 0.717) is 0 Å². The molecule has 0 aliphatic carbocycles. The Morgan fingerprint density at radius 1 is 1.57 bits per heavy atom. The summed E-state index contributed by atoms with van der Waals surface area (Å²) >= 11 is 10.6. The summed E-state index contributed by atoms with van der Waals surface area (Å²) in [5.74, 6) is -0.724. The number of ether oxygens (including phenoxy) is 1. The fourth-order valence-electron chi connectivity index (χ4n) is 1.43. The Labute approximate surface area is 95.9 Å². The Hall–Kier alpha value is -0.0331. The van der Waals surface area contributed by atoms with Gasteiger partial charge in [-0.05, 0) is 25.3 Å². The topological polar surface area (TPSA) is 35.5 Å². The van der Waals surface area contributed by atoms with E-state index in [2.05, 4.69) is 4.29 Å². The minimum absolute atomic E-state index is 0.00287. The summed E-state index contributed by atoms with van der Waals surface area (Å²) in [6.07, 6.45) is 4.69. The molecule has 0 spiro atoms. The van der Waals surface area contributed by atoms with E-state index in [0.717, 1.165) is 36.1 Å². The number of carbonyl (C=O) groups excluding carboxylic acids is 1. The Morgan fingerprint density at radius 2 is 2.29 bits per heavy atom. The van der Waals surface area contributed by atoms with Gasteiger partial charge in [0.15, 0.2) is 0 Å². The minimum atomic E-state index is -0.724. The van der Waals surface area contributed by atoms with Crippen molar-refractivity contribution in [3.8, 4) is 0 Å². The lowest BCUT2D eigenvalue weighted by atomic mass is 10.1. The number of carbonyl (C=O) groups is 1. The Balaban J connectivity index is 2.67. The van der Waals surface area contributed by atoms with Crippen LogP contribution in [0, 0.1) is 0 Å². The quantitative estimate of drug-likeness (QED) is 0.547. The van der Waals surface area contributed by atoms with Gasteiger partial charge < -0.3 is 9.03 Å². The molecule has 1 saturated heterocycles. The molecule has 14 heavy (non-hydrogen) atoms. The van der Waals surface area contributed by atoms with Crippen LogP contribution >= 0.6 is 23.5 Å². The van der Waals surface area contributed by atoms with Crippen molar-refractivity contribution in [1.82, 2.24) is 0 Å². The average molecular weight is 255 g/mol. The normalized spacial score (nSPS) is 28.9. The van der Waals surface area contributed by atoms with Crippen molar-refractivity contribution in [2.75, 3.05) is 6.61 Å². The highest BCUT2D eigenvalue weighted by molar-refractivity contribution is 6.43. The van der Waals surface area contributed by atoms with Crippen LogP contribution in [-0.2, 0) is 13.8 Å². The first-order chi connectivity index (χ1) is 6.57. The zero-order valence-electron chi connectivity index (χ0n) is 7.89. The highest BCUT2D eigenvalue weighted by atomic mass is 35.5. The van der Waals surface area contributed by atoms with Gasteiger partial charge in [-0.1, -0.05) is 11.6 Å². The maximum absolute atomic E-state index is 10.9. The van der Waals surface area contributed by atoms with Crippen LogP contribution in [0.2, 0.25) is 0 Å². The van der Waals surface area contributed by atoms with Gasteiger partial charge >= 0.3 is 5.97 Å². The third-order valence-corrected chi connectivity index (χ3v) is 3.68. The van der Waals surface area contributed by atoms with Crippen molar-refractivity contribution in [3.05, 3.63) is 11.1 Å². The molecular formula is C8H12Cl2O3Si. The summed E-state index contributed by atoms with van der Waals surface area (Å²) < 4.78 is 9.57. The Morgan fingerprint density at radius 3 is 2.79 bits per heavy atom. The predicted octanol–water partition coefficient (Wildman–Crippen LogP) is 1.07. The summed E-state index contributed by atoms with van der Waals surface area (Å²) in [6, 6.07) is 0. The van der Waals surface area contributed by atoms with E-state index in [1.807, 2.05) is 0 Å². The zero-order chi connectivity index (χ0) is 10.6. The van der Waals surface area contributed by atoms with E-state index in [4.69, 9.17) is 28.2 Å². The van der Waals surface area contributed by atoms with Gasteiger partial charge in [0, 0.05) is 16.8 Å². The summed E-state index contributed by atoms with van der Waals surface area (Å²) in [5, 5.41) is -0.336. The predicted molar refractivity (Wildman–Crippen MR) is 58.4 cm³/mol. The van der Waals surface area contributed by atoms with Crippen molar-refractivity contribution >= 4 is 39.7 Å². The van der Waals surface area contributed by atoms with Gasteiger partial charge in [-0.15, -0.1) is 0 Å². The largest absolute Gasteiger partial charge is 0.376 e. The van der Waals surface area contributed by atoms with Crippen LogP contribution in [0.15, 0.2) is 11.1 Å². The molecule has 1 aliphatic rings. The zero-order valence-corrected chi connectivity index (χ0v) is 11.4. The van der Waals surface area contributed by atoms with E-state index in [1.165, 1.54) is 0 Å². The molecule has 0 bridgehead atoms. The molecule has 3 nitrogen and oxygen atoms in total. The summed E-state index contributed by atoms with van der Waals surface area (Å²) in [5.41, 5.74) is 0. The lowest BCUT2D eigenvalue weighted by Gasteiger charge is -2.31. The van der Waals surface area contributed by atoms with Crippen LogP contribution in [0.25, 0.3) is 0 Å². The first-order valence-electron chi connectivity index (χ1n) is 4.43. The van der Waals surface area contributed by atoms with Crippen molar-refractivity contribution < 1.29 is 13.8 Å². The lowest BCUT2D eigenvalue weighted by molar-refractivity contribution is -0.129. The molecule has 0 saturated carbocycles. The van der Waals surface area contributed by atoms with E-state index in [9.17, 15) is 4.79 Å². The van der Waals surface area contributed by atoms with Crippen LogP contribution < -0.4 is 0 Å². The molecule has 0 amide bonds. The minimum Gasteiger partial charge on any atom is -0.376 e. The molecule has 0 aromatic heterocycles. The van der Waals surface area contributed by atoms with Crippen LogP contribution in [0.4, 0.5) is 0 Å². The number of hydrogen-bond donors (Lipinski definition) is 0. The summed E-state index contributed by atoms with van der Waals surface area (Å²) in [6.45, 7) is 0.722. The Bertz CT molecular complexity index is 249. The average Bonchev–Trinajstić information content (AvgIpc) is 2.17. The fourth-order valence-corrected chi connectivity index (χ4v) is 2.85. The second-order valence-corrected chi connectivity index (χ2v) is 5.73. The van der Waals surface area contributed by atoms with E-state index >= 15 is 0 Å². The maximum atomic E-state index is 10.9. The van der Waals surface area contributed by atoms with Crippen molar-refractivity contribution in [3.63, 3.8) is 0 Å². The second kappa shape index (κ2) is 5.16. The molecule has 6 heteroatoms. The first-order valence-corrected chi connectivity index (χ1v) is 6.11. The van der Waals surface area contributed by atoms with Gasteiger partial charge in [0.2, 0.25) is 0 Å². The smallest absolute Gasteiger partial charge is 0.367 e. The molecule has 1 fully saturated rings. The molecule has 1 unspecified atom stereocenters. The molecule has 80 valence electrons. The number of halogens is 2. The number of hydrogen-bond acceptors (Lipinski definition) is 3. The second-order valence-electron chi connectivity index (χ2n) is 3.48. The van der Waals surface area contributed by atoms with Gasteiger partial charge in [-0.2, -0.15) is 0 Å². The van der Waals surface area contributed by atoms with E-state index in [1.54, 1.807) is 6.08 Å². The third kappa shape index (κ3) is 3.27. The molecule has 1 atom stereocenters. The third-order valence-electron chi connectivity index (χ3n) is 2.20. The summed E-state index contributed by atoms with van der Waals surface area (Å²) in [7, 11) is 0.792. The monoisotopic (exact) mass is 254 g/mol. The maximum Gasteiger partial charge on any atom is 0.367 e. The number of rotatable bonds is 2. The van der Waals surface area contributed by atoms with Gasteiger partial charge in [0.05, 0.1) is 5.22 Å². The highest BCUT2D eigenvalue weighted by Gasteiger charge is 2.27. The SMILES string of the molecule is O=C(OCl)C(Cl)=CC1([SiH3])CCCCO1. The molecule has 1 rings (SSSR count). The van der Waals surface area contributed by atoms with Crippen LogP contribution in [-0.4, -0.2) is 28.0 Å². The van der Waals surface area contributed by atoms with Gasteiger partial charge in [-0.3, -0.25) is 0 Å².